The minimum absolute atomic E-state index is 0.607. The molecule has 0 fully saturated rings. The molecule has 0 aliphatic heterocycles. The highest BCUT2D eigenvalue weighted by molar-refractivity contribution is 7.59. The third-order valence-electron chi connectivity index (χ3n) is 2.06. The highest BCUT2D eigenvalue weighted by Crippen LogP contribution is 2.46. The molecule has 1 atom stereocenters. The summed E-state index contributed by atoms with van der Waals surface area (Å²) in [5.74, 6) is 0.714. The predicted octanol–water partition coefficient (Wildman–Crippen LogP) is 3.77. The zero-order valence-electron chi connectivity index (χ0n) is 8.77. The molecular weight excluding hydrogens is 195 g/mol. The van der Waals surface area contributed by atoms with Crippen molar-refractivity contribution in [3.63, 3.8) is 0 Å². The Morgan fingerprint density at radius 2 is 1.86 bits per heavy atom. The van der Waals surface area contributed by atoms with Gasteiger partial charge in [0.25, 0.3) is 0 Å². The predicted molar refractivity (Wildman–Crippen MR) is 60.4 cm³/mol. The molecule has 0 N–H and O–H groups in total. The third kappa shape index (κ3) is 3.19. The molecule has 0 amide bonds. The van der Waals surface area contributed by atoms with E-state index in [0.717, 1.165) is 6.42 Å². The van der Waals surface area contributed by atoms with Gasteiger partial charge in [-0.2, -0.15) is 0 Å². The van der Waals surface area contributed by atoms with Crippen LogP contribution in [0.15, 0.2) is 30.3 Å². The fourth-order valence-corrected chi connectivity index (χ4v) is 3.01. The van der Waals surface area contributed by atoms with Crippen molar-refractivity contribution in [1.29, 1.82) is 0 Å². The fraction of sp³-hybridized carbons (Fsp3) is 0.455. The van der Waals surface area contributed by atoms with E-state index >= 15 is 0 Å². The summed E-state index contributed by atoms with van der Waals surface area (Å²) in [6.07, 6.45) is 2.17. The summed E-state index contributed by atoms with van der Waals surface area (Å²) >= 11 is 0. The SMILES string of the molecule is CCCP(=O)(CC)Oc1ccccc1. The van der Waals surface area contributed by atoms with Crippen LogP contribution in [0.3, 0.4) is 0 Å². The van der Waals surface area contributed by atoms with Gasteiger partial charge in [-0.1, -0.05) is 32.0 Å². The Hall–Kier alpha value is -0.750. The van der Waals surface area contributed by atoms with Gasteiger partial charge in [-0.05, 0) is 18.6 Å². The molecule has 1 rings (SSSR count). The molecule has 0 aliphatic rings. The Bertz CT molecular complexity index is 308. The van der Waals surface area contributed by atoms with Crippen LogP contribution >= 0.6 is 7.37 Å². The zero-order valence-corrected chi connectivity index (χ0v) is 9.67. The smallest absolute Gasteiger partial charge is 0.247 e. The molecule has 78 valence electrons. The molecule has 0 radical (unpaired) electrons. The van der Waals surface area contributed by atoms with Gasteiger partial charge in [-0.3, -0.25) is 4.57 Å². The van der Waals surface area contributed by atoms with Crippen LogP contribution in [-0.2, 0) is 4.57 Å². The van der Waals surface area contributed by atoms with Gasteiger partial charge < -0.3 is 4.52 Å². The van der Waals surface area contributed by atoms with Crippen LogP contribution in [0.2, 0.25) is 0 Å². The maximum atomic E-state index is 12.1. The van der Waals surface area contributed by atoms with E-state index in [0.29, 0.717) is 18.1 Å². The summed E-state index contributed by atoms with van der Waals surface area (Å²) in [5.41, 5.74) is 0. The highest BCUT2D eigenvalue weighted by Gasteiger charge is 2.20. The Morgan fingerprint density at radius 1 is 1.21 bits per heavy atom. The van der Waals surface area contributed by atoms with Crippen molar-refractivity contribution in [2.75, 3.05) is 12.3 Å². The van der Waals surface area contributed by atoms with Gasteiger partial charge in [0.15, 0.2) is 0 Å². The highest BCUT2D eigenvalue weighted by atomic mass is 31.2. The van der Waals surface area contributed by atoms with Crippen LogP contribution in [0.5, 0.6) is 5.75 Å². The molecule has 0 aliphatic carbocycles. The standard InChI is InChI=1S/C11H17O2P/c1-3-10-14(12,4-2)13-11-8-6-5-7-9-11/h5-9H,3-4,10H2,1-2H3. The minimum atomic E-state index is -2.42. The average Bonchev–Trinajstić information content (AvgIpc) is 2.20. The second-order valence-electron chi connectivity index (χ2n) is 3.26. The molecule has 14 heavy (non-hydrogen) atoms. The number of hydrogen-bond acceptors (Lipinski definition) is 2. The van der Waals surface area contributed by atoms with Crippen LogP contribution in [0, 0.1) is 0 Å². The first-order chi connectivity index (χ1) is 6.70. The molecule has 0 saturated carbocycles. The summed E-state index contributed by atoms with van der Waals surface area (Å²) < 4.78 is 17.7. The molecule has 0 heterocycles. The van der Waals surface area contributed by atoms with Crippen molar-refractivity contribution >= 4 is 7.37 Å². The van der Waals surface area contributed by atoms with E-state index in [1.54, 1.807) is 0 Å². The summed E-state index contributed by atoms with van der Waals surface area (Å²) in [6.45, 7) is 3.94. The van der Waals surface area contributed by atoms with Crippen molar-refractivity contribution in [2.45, 2.75) is 20.3 Å². The molecule has 1 aromatic rings. The van der Waals surface area contributed by atoms with Crippen molar-refractivity contribution in [1.82, 2.24) is 0 Å². The molecule has 1 aromatic carbocycles. The summed E-state index contributed by atoms with van der Waals surface area (Å²) in [5, 5.41) is 0. The van der Waals surface area contributed by atoms with Crippen molar-refractivity contribution < 1.29 is 9.09 Å². The topological polar surface area (TPSA) is 26.3 Å². The third-order valence-corrected chi connectivity index (χ3v) is 4.70. The van der Waals surface area contributed by atoms with Crippen molar-refractivity contribution in [2.24, 2.45) is 0 Å². The van der Waals surface area contributed by atoms with E-state index in [9.17, 15) is 4.57 Å². The van der Waals surface area contributed by atoms with Gasteiger partial charge in [0.2, 0.25) is 7.37 Å². The molecule has 1 unspecified atom stereocenters. The number of hydrogen-bond donors (Lipinski definition) is 0. The molecular formula is C11H17O2P. The Labute approximate surface area is 85.7 Å². The summed E-state index contributed by atoms with van der Waals surface area (Å²) in [4.78, 5) is 0. The maximum absolute atomic E-state index is 12.1. The van der Waals surface area contributed by atoms with Crippen molar-refractivity contribution in [3.8, 4) is 5.75 Å². The van der Waals surface area contributed by atoms with Gasteiger partial charge in [-0.15, -0.1) is 0 Å². The summed E-state index contributed by atoms with van der Waals surface area (Å²) in [7, 11) is -2.42. The van der Waals surface area contributed by atoms with Gasteiger partial charge in [0.05, 0.1) is 0 Å². The lowest BCUT2D eigenvalue weighted by atomic mass is 10.3. The van der Waals surface area contributed by atoms with Crippen LogP contribution in [0.25, 0.3) is 0 Å². The molecule has 0 spiro atoms. The van der Waals surface area contributed by atoms with E-state index in [-0.39, 0.29) is 0 Å². The molecule has 0 bridgehead atoms. The molecule has 0 aromatic heterocycles. The number of rotatable bonds is 5. The molecule has 3 heteroatoms. The first kappa shape index (κ1) is 11.3. The lowest BCUT2D eigenvalue weighted by Gasteiger charge is -2.17. The van der Waals surface area contributed by atoms with E-state index < -0.39 is 7.37 Å². The second-order valence-corrected chi connectivity index (χ2v) is 6.15. The fourth-order valence-electron chi connectivity index (χ4n) is 1.28. The number of para-hydroxylation sites is 1. The average molecular weight is 212 g/mol. The second kappa shape index (κ2) is 5.21. The van der Waals surface area contributed by atoms with Crippen LogP contribution in [0.4, 0.5) is 0 Å². The van der Waals surface area contributed by atoms with Crippen LogP contribution in [0.1, 0.15) is 20.3 Å². The normalized spacial score (nSPS) is 14.7. The lowest BCUT2D eigenvalue weighted by molar-refractivity contribution is 0.481. The van der Waals surface area contributed by atoms with Crippen LogP contribution in [-0.4, -0.2) is 12.3 Å². The monoisotopic (exact) mass is 212 g/mol. The van der Waals surface area contributed by atoms with E-state index in [4.69, 9.17) is 4.52 Å². The van der Waals surface area contributed by atoms with E-state index in [1.165, 1.54) is 0 Å². The summed E-state index contributed by atoms with van der Waals surface area (Å²) in [6, 6.07) is 9.39. The Morgan fingerprint density at radius 3 is 2.36 bits per heavy atom. The zero-order chi connectivity index (χ0) is 10.4. The first-order valence-electron chi connectivity index (χ1n) is 5.03. The largest absolute Gasteiger partial charge is 0.443 e. The van der Waals surface area contributed by atoms with Gasteiger partial charge in [-0.25, -0.2) is 0 Å². The van der Waals surface area contributed by atoms with E-state index in [2.05, 4.69) is 0 Å². The molecule has 0 saturated heterocycles. The Balaban J connectivity index is 2.71. The van der Waals surface area contributed by atoms with Gasteiger partial charge in [0.1, 0.15) is 5.75 Å². The van der Waals surface area contributed by atoms with Gasteiger partial charge in [0, 0.05) is 12.3 Å². The minimum Gasteiger partial charge on any atom is -0.443 e. The molecule has 2 nitrogen and oxygen atoms in total. The lowest BCUT2D eigenvalue weighted by Crippen LogP contribution is -1.99. The number of benzene rings is 1. The first-order valence-corrected chi connectivity index (χ1v) is 7.02. The maximum Gasteiger partial charge on any atom is 0.247 e. The van der Waals surface area contributed by atoms with E-state index in [1.807, 2.05) is 44.2 Å². The quantitative estimate of drug-likeness (QED) is 0.694. The van der Waals surface area contributed by atoms with Crippen molar-refractivity contribution in [3.05, 3.63) is 30.3 Å². The van der Waals surface area contributed by atoms with Crippen LogP contribution < -0.4 is 4.52 Å². The van der Waals surface area contributed by atoms with Gasteiger partial charge >= 0.3 is 0 Å². The Kier molecular flexibility index (Phi) is 4.21.